The van der Waals surface area contributed by atoms with Gasteiger partial charge in [0.1, 0.15) is 0 Å². The van der Waals surface area contributed by atoms with E-state index in [1.54, 1.807) is 0 Å². The molecule has 2 unspecified atom stereocenters. The van der Waals surface area contributed by atoms with Crippen LogP contribution in [-0.2, 0) is 6.42 Å². The second kappa shape index (κ2) is 16.3. The molecule has 1 nitrogen and oxygen atoms in total. The molecule has 57 heavy (non-hydrogen) atoms. The molecule has 9 rings (SSSR count). The molecule has 0 amide bonds. The zero-order valence-electron chi connectivity index (χ0n) is 33.0. The number of anilines is 2. The molecule has 1 aliphatic carbocycles. The van der Waals surface area contributed by atoms with E-state index in [4.69, 9.17) is 0 Å². The third kappa shape index (κ3) is 7.84. The Kier molecular flexibility index (Phi) is 10.4. The van der Waals surface area contributed by atoms with E-state index in [1.807, 2.05) is 0 Å². The second-order valence-electron chi connectivity index (χ2n) is 15.8. The van der Waals surface area contributed by atoms with Crippen LogP contribution in [0.3, 0.4) is 0 Å². The first-order chi connectivity index (χ1) is 28.1. The molecule has 2 atom stereocenters. The van der Waals surface area contributed by atoms with Gasteiger partial charge in [-0.1, -0.05) is 187 Å². The molecule has 7 aromatic carbocycles. The number of rotatable bonds is 10. The fraction of sp³-hybridized carbons (Fsp3) is 0.143. The van der Waals surface area contributed by atoms with Gasteiger partial charge in [0, 0.05) is 23.3 Å². The Balaban J connectivity index is 1.04. The molecule has 278 valence electrons. The van der Waals surface area contributed by atoms with Gasteiger partial charge in [-0.2, -0.15) is 0 Å². The van der Waals surface area contributed by atoms with Crippen molar-refractivity contribution in [1.29, 1.82) is 0 Å². The molecular weight excluding hydrogens is 687 g/mol. The third-order valence-electron chi connectivity index (χ3n) is 11.9. The van der Waals surface area contributed by atoms with Crippen LogP contribution in [0.15, 0.2) is 194 Å². The van der Waals surface area contributed by atoms with E-state index in [1.165, 1.54) is 103 Å². The molecule has 1 fully saturated rings. The summed E-state index contributed by atoms with van der Waals surface area (Å²) in [6.07, 6.45) is 11.6. The number of allylic oxidation sites excluding steroid dienone is 2. The highest BCUT2D eigenvalue weighted by molar-refractivity contribution is 5.92. The zero-order valence-corrected chi connectivity index (χ0v) is 33.0. The molecule has 0 radical (unpaired) electrons. The van der Waals surface area contributed by atoms with Crippen LogP contribution in [0.2, 0.25) is 0 Å². The van der Waals surface area contributed by atoms with Gasteiger partial charge >= 0.3 is 0 Å². The highest BCUT2D eigenvalue weighted by Crippen LogP contribution is 2.52. The summed E-state index contributed by atoms with van der Waals surface area (Å²) in [6.45, 7) is 4.31. The molecule has 2 aliphatic rings. The Hall–Kier alpha value is -6.44. The SMILES string of the molecule is Cc1ccc(C(=Cc2ccc3c(c2)C2CCCC2N3c2ccc(/C=C/C(Cc3ccccc3)=C(c3ccccc3)c3ccccc3)cc2)c2ccc(C)cc2)cc1. The van der Waals surface area contributed by atoms with Gasteiger partial charge in [0.15, 0.2) is 0 Å². The number of hydrogen-bond donors (Lipinski definition) is 0. The van der Waals surface area contributed by atoms with Crippen molar-refractivity contribution in [3.63, 3.8) is 0 Å². The first-order valence-electron chi connectivity index (χ1n) is 20.5. The van der Waals surface area contributed by atoms with E-state index >= 15 is 0 Å². The van der Waals surface area contributed by atoms with Crippen LogP contribution in [0.25, 0.3) is 23.3 Å². The Labute approximate surface area is 339 Å². The molecule has 0 aromatic heterocycles. The normalized spacial score (nSPS) is 15.6. The first kappa shape index (κ1) is 36.2. The van der Waals surface area contributed by atoms with Crippen molar-refractivity contribution < 1.29 is 0 Å². The lowest BCUT2D eigenvalue weighted by Gasteiger charge is -2.27. The van der Waals surface area contributed by atoms with Crippen molar-refractivity contribution in [2.45, 2.75) is 51.5 Å². The van der Waals surface area contributed by atoms with E-state index in [0.717, 1.165) is 6.42 Å². The third-order valence-corrected chi connectivity index (χ3v) is 11.9. The van der Waals surface area contributed by atoms with Gasteiger partial charge < -0.3 is 4.90 Å². The largest absolute Gasteiger partial charge is 0.338 e. The van der Waals surface area contributed by atoms with Gasteiger partial charge in [-0.3, -0.25) is 0 Å². The van der Waals surface area contributed by atoms with Gasteiger partial charge in [-0.05, 0) is 125 Å². The zero-order chi connectivity index (χ0) is 38.6. The summed E-state index contributed by atoms with van der Waals surface area (Å²) in [4.78, 5) is 2.64. The predicted octanol–water partition coefficient (Wildman–Crippen LogP) is 14.4. The van der Waals surface area contributed by atoms with Gasteiger partial charge in [0.05, 0.1) is 0 Å². The number of nitrogens with zero attached hydrogens (tertiary/aromatic N) is 1. The molecule has 0 saturated heterocycles. The van der Waals surface area contributed by atoms with Gasteiger partial charge in [-0.15, -0.1) is 0 Å². The van der Waals surface area contributed by atoms with Crippen molar-refractivity contribution >= 4 is 34.7 Å². The maximum absolute atomic E-state index is 2.64. The quantitative estimate of drug-likeness (QED) is 0.0999. The number of aryl methyl sites for hydroxylation is 2. The van der Waals surface area contributed by atoms with Crippen molar-refractivity contribution in [3.8, 4) is 0 Å². The molecule has 0 N–H and O–H groups in total. The lowest BCUT2D eigenvalue weighted by molar-refractivity contribution is 0.642. The summed E-state index contributed by atoms with van der Waals surface area (Å²) >= 11 is 0. The van der Waals surface area contributed by atoms with Gasteiger partial charge in [0.2, 0.25) is 0 Å². The lowest BCUT2D eigenvalue weighted by Crippen LogP contribution is -2.26. The monoisotopic (exact) mass is 735 g/mol. The molecule has 1 heteroatoms. The van der Waals surface area contributed by atoms with Crippen molar-refractivity contribution in [1.82, 2.24) is 0 Å². The van der Waals surface area contributed by atoms with Gasteiger partial charge in [0.25, 0.3) is 0 Å². The van der Waals surface area contributed by atoms with Crippen molar-refractivity contribution in [3.05, 3.63) is 249 Å². The molecule has 1 heterocycles. The summed E-state index contributed by atoms with van der Waals surface area (Å²) in [5.74, 6) is 0.551. The minimum absolute atomic E-state index is 0.494. The molecule has 7 aromatic rings. The van der Waals surface area contributed by atoms with Crippen LogP contribution in [0.5, 0.6) is 0 Å². The van der Waals surface area contributed by atoms with E-state index in [2.05, 4.69) is 219 Å². The second-order valence-corrected chi connectivity index (χ2v) is 15.8. The maximum Gasteiger partial charge on any atom is 0.0450 e. The number of fused-ring (bicyclic) bond motifs is 3. The smallest absolute Gasteiger partial charge is 0.0450 e. The highest BCUT2D eigenvalue weighted by atomic mass is 15.2. The highest BCUT2D eigenvalue weighted by Gasteiger charge is 2.42. The minimum atomic E-state index is 0.494. The fourth-order valence-corrected chi connectivity index (χ4v) is 9.00. The van der Waals surface area contributed by atoms with Crippen LogP contribution in [0.1, 0.15) is 80.8 Å². The molecule has 0 spiro atoms. The summed E-state index contributed by atoms with van der Waals surface area (Å²) in [5, 5.41) is 0. The van der Waals surface area contributed by atoms with Crippen LogP contribution < -0.4 is 4.90 Å². The fourth-order valence-electron chi connectivity index (χ4n) is 9.00. The van der Waals surface area contributed by atoms with E-state index in [9.17, 15) is 0 Å². The molecule has 1 aliphatic heterocycles. The lowest BCUT2D eigenvalue weighted by atomic mass is 9.89. The molecular formula is C56H49N. The van der Waals surface area contributed by atoms with Gasteiger partial charge in [-0.25, -0.2) is 0 Å². The van der Waals surface area contributed by atoms with Crippen LogP contribution in [-0.4, -0.2) is 6.04 Å². The molecule has 1 saturated carbocycles. The Bertz CT molecular complexity index is 2450. The average molecular weight is 736 g/mol. The summed E-state index contributed by atoms with van der Waals surface area (Å²) in [5.41, 5.74) is 19.2. The van der Waals surface area contributed by atoms with Crippen LogP contribution in [0, 0.1) is 13.8 Å². The van der Waals surface area contributed by atoms with E-state index in [-0.39, 0.29) is 0 Å². The summed E-state index contributed by atoms with van der Waals surface area (Å²) in [6, 6.07) is 67.3. The summed E-state index contributed by atoms with van der Waals surface area (Å²) < 4.78 is 0. The van der Waals surface area contributed by atoms with E-state index in [0.29, 0.717) is 12.0 Å². The van der Waals surface area contributed by atoms with E-state index < -0.39 is 0 Å². The minimum Gasteiger partial charge on any atom is -0.338 e. The summed E-state index contributed by atoms with van der Waals surface area (Å²) in [7, 11) is 0. The topological polar surface area (TPSA) is 3.24 Å². The number of hydrogen-bond acceptors (Lipinski definition) is 1. The number of benzene rings is 7. The Morgan fingerprint density at radius 2 is 1.12 bits per heavy atom. The average Bonchev–Trinajstić information content (AvgIpc) is 3.85. The van der Waals surface area contributed by atoms with Crippen molar-refractivity contribution in [2.24, 2.45) is 0 Å². The Morgan fingerprint density at radius 3 is 1.72 bits per heavy atom. The maximum atomic E-state index is 2.64. The van der Waals surface area contributed by atoms with Crippen LogP contribution >= 0.6 is 0 Å². The Morgan fingerprint density at radius 1 is 0.561 bits per heavy atom. The standard InChI is InChI=1S/C56H49N/c1-40-21-29-45(30-22-40)52(46-31-23-41(2)24-32-46)38-44-28-36-55-53(39-44)51-19-12-20-54(51)57(55)50-34-26-42(27-35-50)25-33-49(37-43-13-6-3-7-14-43)56(47-15-8-4-9-16-47)48-17-10-5-11-18-48/h3-11,13-18,21-36,38-39,51,54H,12,19-20,37H2,1-2H3/b33-25+. The predicted molar refractivity (Wildman–Crippen MR) is 243 cm³/mol. The molecule has 0 bridgehead atoms. The van der Waals surface area contributed by atoms with Crippen LogP contribution in [0.4, 0.5) is 11.4 Å². The first-order valence-corrected chi connectivity index (χ1v) is 20.5. The van der Waals surface area contributed by atoms with Crippen molar-refractivity contribution in [2.75, 3.05) is 4.90 Å².